The maximum Gasteiger partial charge on any atom is 0.472 e. The molecule has 0 aromatic rings. The molecule has 56 heavy (non-hydrogen) atoms. The van der Waals surface area contributed by atoms with E-state index in [1.54, 1.807) is 0 Å². The minimum absolute atomic E-state index is 0.0926. The van der Waals surface area contributed by atoms with E-state index in [0.717, 1.165) is 77.0 Å². The molecule has 0 bridgehead atoms. The fourth-order valence-corrected chi connectivity index (χ4v) is 6.14. The lowest BCUT2D eigenvalue weighted by Gasteiger charge is -2.20. The highest BCUT2D eigenvalue weighted by Crippen LogP contribution is 2.43. The van der Waals surface area contributed by atoms with Gasteiger partial charge in [0.15, 0.2) is 6.10 Å². The first kappa shape index (κ1) is 53.6. The zero-order chi connectivity index (χ0) is 41.4. The quantitative estimate of drug-likeness (QED) is 0.0202. The summed E-state index contributed by atoms with van der Waals surface area (Å²) in [6, 6.07) is 0. The Morgan fingerprint density at radius 1 is 0.589 bits per heavy atom. The van der Waals surface area contributed by atoms with Crippen molar-refractivity contribution in [3.63, 3.8) is 0 Å². The summed E-state index contributed by atoms with van der Waals surface area (Å²) in [5, 5.41) is 27.6. The molecule has 0 aliphatic heterocycles. The second-order valence-corrected chi connectivity index (χ2v) is 15.7. The number of unbranched alkanes of at least 4 members (excludes halogenated alkanes) is 13. The van der Waals surface area contributed by atoms with E-state index >= 15 is 0 Å². The Morgan fingerprint density at radius 2 is 1.05 bits per heavy atom. The van der Waals surface area contributed by atoms with Crippen LogP contribution in [0.4, 0.5) is 0 Å². The Bertz CT molecular complexity index is 1130. The second kappa shape index (κ2) is 39.5. The Hall–Kier alpha value is -2.37. The molecule has 4 N–H and O–H groups in total. The average Bonchev–Trinajstić information content (AvgIpc) is 3.17. The van der Waals surface area contributed by atoms with E-state index in [2.05, 4.69) is 60.1 Å². The van der Waals surface area contributed by atoms with Gasteiger partial charge in [-0.05, 0) is 90.4 Å². The van der Waals surface area contributed by atoms with Gasteiger partial charge in [-0.1, -0.05) is 119 Å². The van der Waals surface area contributed by atoms with E-state index in [9.17, 15) is 29.3 Å². The molecule has 4 atom stereocenters. The van der Waals surface area contributed by atoms with Crippen LogP contribution in [0.5, 0.6) is 0 Å². The fraction of sp³-hybridized carbons (Fsp3) is 0.727. The van der Waals surface area contributed by atoms with E-state index in [1.807, 2.05) is 19.1 Å². The summed E-state index contributed by atoms with van der Waals surface area (Å²) in [6.07, 6.45) is 40.4. The number of phosphoric acid groups is 1. The van der Waals surface area contributed by atoms with E-state index in [1.165, 1.54) is 38.5 Å². The SMILES string of the molecule is CCCCCCCC/C=C\CCCCCCCC(=O)OC[C@H](COP(=O)(O)OC[C@@H](O)CO)OC(=O)CCC/C=C\C/C=C\C/C=C\C/C=C\CCC[C@H](C)O. The van der Waals surface area contributed by atoms with Crippen LogP contribution in [-0.2, 0) is 32.7 Å². The summed E-state index contributed by atoms with van der Waals surface area (Å²) >= 11 is 0. The van der Waals surface area contributed by atoms with Crippen LogP contribution in [0.25, 0.3) is 0 Å². The van der Waals surface area contributed by atoms with Crippen molar-refractivity contribution in [2.45, 2.75) is 180 Å². The molecular weight excluding hydrogens is 735 g/mol. The maximum absolute atomic E-state index is 12.6. The molecule has 0 aliphatic carbocycles. The van der Waals surface area contributed by atoms with Crippen molar-refractivity contribution in [1.29, 1.82) is 0 Å². The summed E-state index contributed by atoms with van der Waals surface area (Å²) in [7, 11) is -4.64. The molecule has 0 rings (SSSR count). The number of allylic oxidation sites excluding steroid dienone is 10. The lowest BCUT2D eigenvalue weighted by molar-refractivity contribution is -0.161. The van der Waals surface area contributed by atoms with Gasteiger partial charge in [-0.15, -0.1) is 0 Å². The number of aliphatic hydroxyl groups is 3. The van der Waals surface area contributed by atoms with Crippen molar-refractivity contribution >= 4 is 19.8 Å². The normalized spacial score (nSPS) is 15.0. The lowest BCUT2D eigenvalue weighted by Crippen LogP contribution is -2.29. The zero-order valence-electron chi connectivity index (χ0n) is 34.7. The van der Waals surface area contributed by atoms with Gasteiger partial charge in [0.1, 0.15) is 12.7 Å². The predicted molar refractivity (Wildman–Crippen MR) is 225 cm³/mol. The summed E-state index contributed by atoms with van der Waals surface area (Å²) in [6.45, 7) is 1.83. The predicted octanol–water partition coefficient (Wildman–Crippen LogP) is 10.1. The molecule has 12 heteroatoms. The standard InChI is InChI=1S/C44H77O11P/c1-3-4-5-6-7-8-9-10-12-16-19-22-25-28-31-34-43(48)52-38-42(39-54-56(50,51)53-37-41(47)36-45)55-44(49)35-32-29-26-23-20-17-14-11-13-15-18-21-24-27-30-33-40(2)46/h10,12-15,17,21,23-24,26,40-42,45-47H,3-9,11,16,18-20,22,25,27-39H2,1-2H3,(H,50,51)/b12-10-,15-13-,17-14-,24-21-,26-23-/t40-,41-,42+/m0/s1. The van der Waals surface area contributed by atoms with Gasteiger partial charge < -0.3 is 29.7 Å². The number of carbonyl (C=O) groups is 2. The number of aliphatic hydroxyl groups excluding tert-OH is 3. The van der Waals surface area contributed by atoms with E-state index < -0.39 is 51.8 Å². The average molecular weight is 813 g/mol. The Morgan fingerprint density at radius 3 is 1.62 bits per heavy atom. The number of hydrogen-bond donors (Lipinski definition) is 4. The van der Waals surface area contributed by atoms with Gasteiger partial charge in [-0.25, -0.2) is 4.57 Å². The first-order valence-corrected chi connectivity index (χ1v) is 22.8. The highest BCUT2D eigenvalue weighted by Gasteiger charge is 2.27. The highest BCUT2D eigenvalue weighted by molar-refractivity contribution is 7.47. The van der Waals surface area contributed by atoms with Crippen molar-refractivity contribution < 1.29 is 52.9 Å². The van der Waals surface area contributed by atoms with E-state index in [4.69, 9.17) is 19.1 Å². The van der Waals surface area contributed by atoms with Crippen LogP contribution in [0.15, 0.2) is 60.8 Å². The minimum atomic E-state index is -4.64. The summed E-state index contributed by atoms with van der Waals surface area (Å²) in [5.41, 5.74) is 0. The summed E-state index contributed by atoms with van der Waals surface area (Å²) in [4.78, 5) is 34.9. The molecular formula is C44H77O11P. The zero-order valence-corrected chi connectivity index (χ0v) is 35.6. The van der Waals surface area contributed by atoms with Crippen LogP contribution in [0.2, 0.25) is 0 Å². The molecule has 0 fully saturated rings. The van der Waals surface area contributed by atoms with Crippen LogP contribution in [-0.4, -0.2) is 76.9 Å². The van der Waals surface area contributed by atoms with Gasteiger partial charge in [-0.3, -0.25) is 18.6 Å². The van der Waals surface area contributed by atoms with Crippen molar-refractivity contribution in [1.82, 2.24) is 0 Å². The lowest BCUT2D eigenvalue weighted by atomic mass is 10.1. The Kier molecular flexibility index (Phi) is 37.8. The molecule has 0 radical (unpaired) electrons. The van der Waals surface area contributed by atoms with E-state index in [-0.39, 0.29) is 25.6 Å². The van der Waals surface area contributed by atoms with Gasteiger partial charge in [0.05, 0.1) is 25.9 Å². The fourth-order valence-electron chi connectivity index (χ4n) is 5.35. The maximum atomic E-state index is 12.6. The van der Waals surface area contributed by atoms with Crippen molar-refractivity contribution in [3.05, 3.63) is 60.8 Å². The molecule has 0 saturated carbocycles. The summed E-state index contributed by atoms with van der Waals surface area (Å²) < 4.78 is 32.6. The number of carbonyl (C=O) groups excluding carboxylic acids is 2. The molecule has 11 nitrogen and oxygen atoms in total. The van der Waals surface area contributed by atoms with Crippen LogP contribution in [0, 0.1) is 0 Å². The Balaban J connectivity index is 4.43. The number of rotatable bonds is 39. The van der Waals surface area contributed by atoms with E-state index in [0.29, 0.717) is 19.3 Å². The van der Waals surface area contributed by atoms with Gasteiger partial charge >= 0.3 is 19.8 Å². The number of esters is 2. The molecule has 0 spiro atoms. The second-order valence-electron chi connectivity index (χ2n) is 14.3. The largest absolute Gasteiger partial charge is 0.472 e. The smallest absolute Gasteiger partial charge is 0.462 e. The molecule has 0 aromatic carbocycles. The van der Waals surface area contributed by atoms with Crippen molar-refractivity contribution in [3.8, 4) is 0 Å². The third-order valence-corrected chi connectivity index (χ3v) is 9.61. The first-order chi connectivity index (χ1) is 27.1. The third kappa shape index (κ3) is 39.8. The van der Waals surface area contributed by atoms with Crippen LogP contribution in [0.3, 0.4) is 0 Å². The number of phosphoric ester groups is 1. The third-order valence-electron chi connectivity index (χ3n) is 8.66. The van der Waals surface area contributed by atoms with Gasteiger partial charge in [0, 0.05) is 12.8 Å². The van der Waals surface area contributed by atoms with Crippen LogP contribution >= 0.6 is 7.82 Å². The summed E-state index contributed by atoms with van der Waals surface area (Å²) in [5.74, 6) is -1.02. The van der Waals surface area contributed by atoms with Crippen molar-refractivity contribution in [2.24, 2.45) is 0 Å². The topological polar surface area (TPSA) is 169 Å². The highest BCUT2D eigenvalue weighted by atomic mass is 31.2. The minimum Gasteiger partial charge on any atom is -0.462 e. The number of ether oxygens (including phenoxy) is 2. The molecule has 1 unspecified atom stereocenters. The Labute approximate surface area is 338 Å². The molecule has 0 aromatic heterocycles. The first-order valence-electron chi connectivity index (χ1n) is 21.3. The van der Waals surface area contributed by atoms with Crippen molar-refractivity contribution in [2.75, 3.05) is 26.4 Å². The monoisotopic (exact) mass is 813 g/mol. The molecule has 0 amide bonds. The molecule has 324 valence electrons. The van der Waals surface area contributed by atoms with Gasteiger partial charge in [0.2, 0.25) is 0 Å². The van der Waals surface area contributed by atoms with Gasteiger partial charge in [0.25, 0.3) is 0 Å². The molecule has 0 aliphatic rings. The molecule has 0 saturated heterocycles. The molecule has 0 heterocycles. The number of hydrogen-bond acceptors (Lipinski definition) is 10. The van der Waals surface area contributed by atoms with Crippen LogP contribution in [0.1, 0.15) is 162 Å². The van der Waals surface area contributed by atoms with Crippen LogP contribution < -0.4 is 0 Å². The van der Waals surface area contributed by atoms with Gasteiger partial charge in [-0.2, -0.15) is 0 Å².